The lowest BCUT2D eigenvalue weighted by Gasteiger charge is -2.23. The molecule has 2 saturated carbocycles. The van der Waals surface area contributed by atoms with E-state index in [1.807, 2.05) is 11.3 Å². The predicted octanol–water partition coefficient (Wildman–Crippen LogP) is 3.44. The van der Waals surface area contributed by atoms with Crippen LogP contribution in [0.1, 0.15) is 68.3 Å². The van der Waals surface area contributed by atoms with E-state index in [1.54, 1.807) is 0 Å². The van der Waals surface area contributed by atoms with Gasteiger partial charge in [-0.05, 0) is 45.1 Å². The molecule has 0 spiro atoms. The van der Waals surface area contributed by atoms with Crippen LogP contribution in [0.4, 0.5) is 0 Å². The number of rotatable bonds is 7. The number of nitrogens with one attached hydrogen (secondary N) is 1. The van der Waals surface area contributed by atoms with Crippen molar-refractivity contribution in [3.63, 3.8) is 0 Å². The first-order valence-corrected chi connectivity index (χ1v) is 8.70. The summed E-state index contributed by atoms with van der Waals surface area (Å²) in [4.78, 5) is 0. The molecule has 2 aliphatic rings. The van der Waals surface area contributed by atoms with Gasteiger partial charge in [-0.3, -0.25) is 0 Å². The van der Waals surface area contributed by atoms with Crippen LogP contribution in [0.15, 0.2) is 0 Å². The highest BCUT2D eigenvalue weighted by atomic mass is 32.1. The zero-order valence-electron chi connectivity index (χ0n) is 12.0. The van der Waals surface area contributed by atoms with Gasteiger partial charge in [-0.2, -0.15) is 0 Å². The average molecular weight is 279 g/mol. The monoisotopic (exact) mass is 279 g/mol. The Morgan fingerprint density at radius 2 is 2.05 bits per heavy atom. The Morgan fingerprint density at radius 1 is 1.26 bits per heavy atom. The molecule has 0 aliphatic heterocycles. The van der Waals surface area contributed by atoms with Crippen molar-refractivity contribution in [2.75, 3.05) is 6.54 Å². The Balaban J connectivity index is 1.52. The maximum absolute atomic E-state index is 4.52. The van der Waals surface area contributed by atoms with Gasteiger partial charge in [-0.15, -0.1) is 21.5 Å². The number of aryl methyl sites for hydroxylation is 1. The van der Waals surface area contributed by atoms with Crippen LogP contribution in [0.2, 0.25) is 0 Å². The van der Waals surface area contributed by atoms with Gasteiger partial charge in [0.15, 0.2) is 0 Å². The van der Waals surface area contributed by atoms with Gasteiger partial charge >= 0.3 is 0 Å². The van der Waals surface area contributed by atoms with Gasteiger partial charge in [0.25, 0.3) is 0 Å². The number of nitrogens with zero attached hydrogens (tertiary/aromatic N) is 2. The van der Waals surface area contributed by atoms with Crippen LogP contribution < -0.4 is 5.32 Å². The fourth-order valence-electron chi connectivity index (χ4n) is 3.17. The van der Waals surface area contributed by atoms with E-state index in [1.165, 1.54) is 61.4 Å². The van der Waals surface area contributed by atoms with Crippen molar-refractivity contribution in [3.05, 3.63) is 10.0 Å². The molecule has 1 N–H and O–H groups in total. The minimum atomic E-state index is 0.377. The third-order valence-corrected chi connectivity index (χ3v) is 5.97. The largest absolute Gasteiger partial charge is 0.314 e. The Hall–Kier alpha value is -0.480. The summed E-state index contributed by atoms with van der Waals surface area (Å²) in [5.74, 6) is 0. The molecule has 0 amide bonds. The second-order valence-electron chi connectivity index (χ2n) is 6.17. The molecule has 3 nitrogen and oxygen atoms in total. The van der Waals surface area contributed by atoms with E-state index in [9.17, 15) is 0 Å². The van der Waals surface area contributed by atoms with Crippen LogP contribution in [-0.2, 0) is 11.8 Å². The molecule has 2 fully saturated rings. The average Bonchev–Trinajstić information content (AvgIpc) is 2.94. The van der Waals surface area contributed by atoms with E-state index in [0.29, 0.717) is 5.41 Å². The van der Waals surface area contributed by atoms with Crippen molar-refractivity contribution in [1.29, 1.82) is 0 Å². The van der Waals surface area contributed by atoms with Gasteiger partial charge in [0.05, 0.1) is 0 Å². The molecule has 106 valence electrons. The van der Waals surface area contributed by atoms with Crippen LogP contribution in [0.5, 0.6) is 0 Å². The van der Waals surface area contributed by atoms with Crippen LogP contribution in [0.3, 0.4) is 0 Å². The number of hydrogen-bond acceptors (Lipinski definition) is 4. The van der Waals surface area contributed by atoms with Crippen LogP contribution in [0.25, 0.3) is 0 Å². The molecule has 0 aromatic carbocycles. The Kier molecular flexibility index (Phi) is 4.18. The first kappa shape index (κ1) is 13.5. The normalized spacial score (nSPS) is 21.9. The quantitative estimate of drug-likeness (QED) is 0.777. The summed E-state index contributed by atoms with van der Waals surface area (Å²) in [7, 11) is 0. The third kappa shape index (κ3) is 3.16. The van der Waals surface area contributed by atoms with Gasteiger partial charge in [-0.25, -0.2) is 0 Å². The zero-order valence-corrected chi connectivity index (χ0v) is 12.8. The van der Waals surface area contributed by atoms with E-state index in [-0.39, 0.29) is 0 Å². The first-order chi connectivity index (χ1) is 9.32. The summed E-state index contributed by atoms with van der Waals surface area (Å²) < 4.78 is 0. The number of aromatic nitrogens is 2. The van der Waals surface area contributed by atoms with Crippen molar-refractivity contribution >= 4 is 11.3 Å². The van der Waals surface area contributed by atoms with E-state index < -0.39 is 0 Å². The molecule has 0 atom stereocenters. The molecular weight excluding hydrogens is 254 g/mol. The summed E-state index contributed by atoms with van der Waals surface area (Å²) in [6.45, 7) is 3.45. The minimum absolute atomic E-state index is 0.377. The Bertz CT molecular complexity index is 405. The summed E-state index contributed by atoms with van der Waals surface area (Å²) in [6.07, 6.45) is 11.7. The number of hydrogen-bond donors (Lipinski definition) is 1. The van der Waals surface area contributed by atoms with Gasteiger partial charge < -0.3 is 5.32 Å². The summed E-state index contributed by atoms with van der Waals surface area (Å²) in [5.41, 5.74) is 0.377. The molecular formula is C15H25N3S. The second kappa shape index (κ2) is 5.88. The Labute approximate surface area is 120 Å². The van der Waals surface area contributed by atoms with E-state index in [2.05, 4.69) is 22.4 Å². The van der Waals surface area contributed by atoms with E-state index in [0.717, 1.165) is 19.0 Å². The second-order valence-corrected chi connectivity index (χ2v) is 7.24. The van der Waals surface area contributed by atoms with Crippen LogP contribution >= 0.6 is 11.3 Å². The molecule has 0 saturated heterocycles. The lowest BCUT2D eigenvalue weighted by Crippen LogP contribution is -2.20. The van der Waals surface area contributed by atoms with Crippen LogP contribution in [-0.4, -0.2) is 22.8 Å². The van der Waals surface area contributed by atoms with Gasteiger partial charge in [0, 0.05) is 17.9 Å². The fourth-order valence-corrected chi connectivity index (χ4v) is 4.37. The Morgan fingerprint density at radius 3 is 2.74 bits per heavy atom. The van der Waals surface area contributed by atoms with Gasteiger partial charge in [0.1, 0.15) is 10.0 Å². The summed E-state index contributed by atoms with van der Waals surface area (Å²) >= 11 is 1.88. The van der Waals surface area contributed by atoms with Crippen molar-refractivity contribution < 1.29 is 0 Å². The molecule has 19 heavy (non-hydrogen) atoms. The highest BCUT2D eigenvalue weighted by Gasteiger charge is 2.37. The van der Waals surface area contributed by atoms with E-state index >= 15 is 0 Å². The third-order valence-electron chi connectivity index (χ3n) is 4.74. The topological polar surface area (TPSA) is 37.8 Å². The maximum Gasteiger partial charge on any atom is 0.123 e. The summed E-state index contributed by atoms with van der Waals surface area (Å²) in [5, 5.41) is 15.1. The van der Waals surface area contributed by atoms with E-state index in [4.69, 9.17) is 0 Å². The maximum atomic E-state index is 4.52. The molecule has 0 unspecified atom stereocenters. The highest BCUT2D eigenvalue weighted by molar-refractivity contribution is 7.11. The molecule has 0 radical (unpaired) electrons. The lowest BCUT2D eigenvalue weighted by molar-refractivity contribution is 0.419. The van der Waals surface area contributed by atoms with Crippen molar-refractivity contribution in [2.24, 2.45) is 0 Å². The van der Waals surface area contributed by atoms with Crippen molar-refractivity contribution in [2.45, 2.75) is 76.2 Å². The first-order valence-electron chi connectivity index (χ1n) is 7.89. The fraction of sp³-hybridized carbons (Fsp3) is 0.867. The predicted molar refractivity (Wildman–Crippen MR) is 79.7 cm³/mol. The molecule has 4 heteroatoms. The highest BCUT2D eigenvalue weighted by Crippen LogP contribution is 2.44. The SMILES string of the molecule is CCC1(c2nnc(CCCNC3CC3)s2)CCCC1. The molecule has 3 rings (SSSR count). The van der Waals surface area contributed by atoms with Gasteiger partial charge in [0.2, 0.25) is 0 Å². The summed E-state index contributed by atoms with van der Waals surface area (Å²) in [6, 6.07) is 0.826. The molecule has 1 aromatic heterocycles. The van der Waals surface area contributed by atoms with Crippen molar-refractivity contribution in [1.82, 2.24) is 15.5 Å². The lowest BCUT2D eigenvalue weighted by atomic mass is 9.84. The standard InChI is InChI=1S/C15H25N3S/c1-2-15(9-3-4-10-15)14-18-17-13(19-14)6-5-11-16-12-7-8-12/h12,16H,2-11H2,1H3. The zero-order chi connectivity index (χ0) is 13.1. The smallest absolute Gasteiger partial charge is 0.123 e. The minimum Gasteiger partial charge on any atom is -0.314 e. The molecule has 2 aliphatic carbocycles. The molecule has 0 bridgehead atoms. The van der Waals surface area contributed by atoms with Crippen molar-refractivity contribution in [3.8, 4) is 0 Å². The molecule has 1 aromatic rings. The molecule has 1 heterocycles. The van der Waals surface area contributed by atoms with Gasteiger partial charge in [-0.1, -0.05) is 19.8 Å². The van der Waals surface area contributed by atoms with Crippen LogP contribution in [0, 0.1) is 0 Å².